The molecule has 2 aliphatic rings. The van der Waals surface area contributed by atoms with E-state index in [1.54, 1.807) is 0 Å². The molecule has 2 rings (SSSR count). The number of aliphatic hydroxyl groups is 3. The predicted octanol–water partition coefficient (Wildman–Crippen LogP) is -0.597. The molecule has 0 radical (unpaired) electrons. The molecule has 2 heterocycles. The van der Waals surface area contributed by atoms with Gasteiger partial charge in [-0.2, -0.15) is 0 Å². The van der Waals surface area contributed by atoms with Gasteiger partial charge in [0.25, 0.3) is 0 Å². The van der Waals surface area contributed by atoms with Gasteiger partial charge in [0, 0.05) is 13.6 Å². The lowest BCUT2D eigenvalue weighted by Gasteiger charge is -2.39. The fourth-order valence-corrected chi connectivity index (χ4v) is 3.35. The van der Waals surface area contributed by atoms with Gasteiger partial charge in [0.05, 0.1) is 0 Å². The van der Waals surface area contributed by atoms with Crippen LogP contribution in [0.25, 0.3) is 0 Å². The Kier molecular flexibility index (Phi) is 4.52. The fraction of sp³-hybridized carbons (Fsp3) is 0.750. The minimum Gasteiger partial charge on any atom is -0.388 e. The standard InChI is InChI=1S/C12H20N2O4S/c1-4-6(15)10-9(17)8(16)7-11(18-10)19-12(13-7)14(3)5-2/h4,6-11,15-17H,1,5H2,2-3H3/t6?,7-,8-,9+,10-,11-/m1/s1. The van der Waals surface area contributed by atoms with Crippen LogP contribution in [-0.2, 0) is 4.74 Å². The zero-order valence-electron chi connectivity index (χ0n) is 11.0. The number of fused-ring (bicyclic) bond motifs is 1. The van der Waals surface area contributed by atoms with Gasteiger partial charge in [-0.1, -0.05) is 17.8 Å². The number of hydrogen-bond donors (Lipinski definition) is 3. The second kappa shape index (κ2) is 5.80. The van der Waals surface area contributed by atoms with Crippen molar-refractivity contribution in [3.05, 3.63) is 12.7 Å². The van der Waals surface area contributed by atoms with Crippen LogP contribution in [0.4, 0.5) is 0 Å². The highest BCUT2D eigenvalue weighted by molar-refractivity contribution is 8.14. The Labute approximate surface area is 116 Å². The zero-order valence-corrected chi connectivity index (χ0v) is 11.8. The first kappa shape index (κ1) is 14.8. The molecule has 6 nitrogen and oxygen atoms in total. The Balaban J connectivity index is 2.14. The molecule has 1 saturated heterocycles. The summed E-state index contributed by atoms with van der Waals surface area (Å²) in [5, 5.41) is 30.6. The molecule has 19 heavy (non-hydrogen) atoms. The van der Waals surface area contributed by atoms with Gasteiger partial charge in [-0.15, -0.1) is 6.58 Å². The monoisotopic (exact) mass is 288 g/mol. The van der Waals surface area contributed by atoms with Crippen LogP contribution in [0.1, 0.15) is 6.92 Å². The highest BCUT2D eigenvalue weighted by atomic mass is 32.2. The van der Waals surface area contributed by atoms with Crippen molar-refractivity contribution in [1.82, 2.24) is 4.90 Å². The number of ether oxygens (including phenoxy) is 1. The van der Waals surface area contributed by atoms with Crippen LogP contribution < -0.4 is 0 Å². The van der Waals surface area contributed by atoms with Gasteiger partial charge in [0.2, 0.25) is 0 Å². The van der Waals surface area contributed by atoms with Gasteiger partial charge in [-0.05, 0) is 6.92 Å². The van der Waals surface area contributed by atoms with E-state index in [0.717, 1.165) is 11.7 Å². The zero-order chi connectivity index (χ0) is 14.2. The topological polar surface area (TPSA) is 85.5 Å². The maximum absolute atomic E-state index is 10.1. The largest absolute Gasteiger partial charge is 0.388 e. The van der Waals surface area contributed by atoms with Crippen molar-refractivity contribution >= 4 is 16.9 Å². The highest BCUT2D eigenvalue weighted by Crippen LogP contribution is 2.37. The SMILES string of the molecule is C=CC(O)[C@H]1O[C@@H]2SC(N(C)CC)=N[C@@H]2[C@@H](O)[C@@H]1O. The van der Waals surface area contributed by atoms with Crippen LogP contribution in [0, 0.1) is 0 Å². The van der Waals surface area contributed by atoms with E-state index >= 15 is 0 Å². The Morgan fingerprint density at radius 1 is 1.53 bits per heavy atom. The third-order valence-electron chi connectivity index (χ3n) is 3.47. The lowest BCUT2D eigenvalue weighted by molar-refractivity contribution is -0.176. The van der Waals surface area contributed by atoms with Gasteiger partial charge < -0.3 is 25.0 Å². The van der Waals surface area contributed by atoms with Crippen LogP contribution in [0.2, 0.25) is 0 Å². The summed E-state index contributed by atoms with van der Waals surface area (Å²) < 4.78 is 5.66. The number of rotatable bonds is 3. The second-order valence-corrected chi connectivity index (χ2v) is 5.78. The molecule has 7 heteroatoms. The van der Waals surface area contributed by atoms with E-state index < -0.39 is 30.5 Å². The van der Waals surface area contributed by atoms with Gasteiger partial charge in [-0.3, -0.25) is 4.99 Å². The summed E-state index contributed by atoms with van der Waals surface area (Å²) in [7, 11) is 1.90. The molecule has 0 aromatic rings. The molecule has 3 N–H and O–H groups in total. The van der Waals surface area contributed by atoms with Crippen LogP contribution in [0.5, 0.6) is 0 Å². The van der Waals surface area contributed by atoms with Gasteiger partial charge in [0.15, 0.2) is 5.17 Å². The van der Waals surface area contributed by atoms with E-state index in [0.29, 0.717) is 0 Å². The molecular formula is C12H20N2O4S. The Bertz CT molecular complexity index is 379. The van der Waals surface area contributed by atoms with E-state index in [9.17, 15) is 15.3 Å². The summed E-state index contributed by atoms with van der Waals surface area (Å²) in [5.74, 6) is 0. The molecule has 0 bridgehead atoms. The van der Waals surface area contributed by atoms with E-state index in [2.05, 4.69) is 11.6 Å². The summed E-state index contributed by atoms with van der Waals surface area (Å²) in [5.41, 5.74) is -0.387. The van der Waals surface area contributed by atoms with Crippen LogP contribution >= 0.6 is 11.8 Å². The Hall–Kier alpha value is -0.600. The summed E-state index contributed by atoms with van der Waals surface area (Å²) >= 11 is 1.40. The van der Waals surface area contributed by atoms with Crippen molar-refractivity contribution in [1.29, 1.82) is 0 Å². The summed E-state index contributed by atoms with van der Waals surface area (Å²) in [4.78, 5) is 6.34. The van der Waals surface area contributed by atoms with E-state index in [1.165, 1.54) is 17.8 Å². The van der Waals surface area contributed by atoms with Crippen molar-refractivity contribution in [2.45, 2.75) is 42.8 Å². The molecule has 2 aliphatic heterocycles. The van der Waals surface area contributed by atoms with Gasteiger partial charge >= 0.3 is 0 Å². The lowest BCUT2D eigenvalue weighted by atomic mass is 9.95. The average molecular weight is 288 g/mol. The van der Waals surface area contributed by atoms with Crippen LogP contribution in [0.3, 0.4) is 0 Å². The van der Waals surface area contributed by atoms with E-state index in [1.807, 2.05) is 18.9 Å². The Morgan fingerprint density at radius 3 is 2.79 bits per heavy atom. The first-order valence-electron chi connectivity index (χ1n) is 6.27. The summed E-state index contributed by atoms with van der Waals surface area (Å²) in [6, 6.07) is -0.503. The molecule has 0 aromatic heterocycles. The quantitative estimate of drug-likeness (QED) is 0.602. The molecule has 6 atom stereocenters. The molecular weight excluding hydrogens is 268 g/mol. The van der Waals surface area contributed by atoms with Gasteiger partial charge in [0.1, 0.15) is 35.9 Å². The highest BCUT2D eigenvalue weighted by Gasteiger charge is 2.50. The molecule has 1 fully saturated rings. The maximum Gasteiger partial charge on any atom is 0.162 e. The first-order valence-corrected chi connectivity index (χ1v) is 7.15. The number of aliphatic hydroxyl groups excluding tert-OH is 3. The second-order valence-electron chi connectivity index (χ2n) is 4.71. The van der Waals surface area contributed by atoms with Crippen LogP contribution in [-0.4, -0.2) is 74.9 Å². The first-order chi connectivity index (χ1) is 8.99. The number of aliphatic imine (C=N–C) groups is 1. The van der Waals surface area contributed by atoms with Crippen molar-refractivity contribution < 1.29 is 20.1 Å². The fourth-order valence-electron chi connectivity index (χ4n) is 2.11. The van der Waals surface area contributed by atoms with E-state index in [-0.39, 0.29) is 5.44 Å². The van der Waals surface area contributed by atoms with Crippen molar-refractivity contribution in [2.75, 3.05) is 13.6 Å². The third kappa shape index (κ3) is 2.66. The van der Waals surface area contributed by atoms with Gasteiger partial charge in [-0.25, -0.2) is 0 Å². The average Bonchev–Trinajstić information content (AvgIpc) is 2.85. The van der Waals surface area contributed by atoms with Crippen molar-refractivity contribution in [3.8, 4) is 0 Å². The lowest BCUT2D eigenvalue weighted by Crippen LogP contribution is -2.57. The number of nitrogens with zero attached hydrogens (tertiary/aromatic N) is 2. The summed E-state index contributed by atoms with van der Waals surface area (Å²) in [6.45, 7) is 6.27. The molecule has 0 aromatic carbocycles. The molecule has 0 amide bonds. The van der Waals surface area contributed by atoms with Crippen LogP contribution in [0.15, 0.2) is 17.6 Å². The molecule has 0 spiro atoms. The summed E-state index contributed by atoms with van der Waals surface area (Å²) in [6.07, 6.45) is -2.82. The van der Waals surface area contributed by atoms with Crippen molar-refractivity contribution in [2.24, 2.45) is 4.99 Å². The minimum atomic E-state index is -1.18. The van der Waals surface area contributed by atoms with Crippen molar-refractivity contribution in [3.63, 3.8) is 0 Å². The normalized spacial score (nSPS) is 39.4. The smallest absolute Gasteiger partial charge is 0.162 e. The molecule has 108 valence electrons. The Morgan fingerprint density at radius 2 is 2.21 bits per heavy atom. The minimum absolute atomic E-state index is 0.387. The maximum atomic E-state index is 10.1. The predicted molar refractivity (Wildman–Crippen MR) is 74.0 cm³/mol. The number of amidine groups is 1. The molecule has 1 unspecified atom stereocenters. The molecule has 0 saturated carbocycles. The van der Waals surface area contributed by atoms with E-state index in [4.69, 9.17) is 4.74 Å². The number of hydrogen-bond acceptors (Lipinski definition) is 7. The molecule has 0 aliphatic carbocycles. The third-order valence-corrected chi connectivity index (χ3v) is 4.72. The number of thioether (sulfide) groups is 1.